The van der Waals surface area contributed by atoms with Crippen LogP contribution in [0.1, 0.15) is 0 Å². The summed E-state index contributed by atoms with van der Waals surface area (Å²) in [5.41, 5.74) is 0. The largest absolute Gasteiger partial charge is 0.412 e. The number of hydrogen-bond donors (Lipinski definition) is 14. The van der Waals surface area contributed by atoms with Gasteiger partial charge < -0.3 is 121 Å². The zero-order valence-electron chi connectivity index (χ0n) is 25.2. The summed E-state index contributed by atoms with van der Waals surface area (Å²) in [5, 5.41) is 143. The van der Waals surface area contributed by atoms with Crippen LogP contribution in [0.4, 0.5) is 0 Å². The molecule has 20 N–H and O–H groups in total. The predicted molar refractivity (Wildman–Crippen MR) is 145 cm³/mol. The van der Waals surface area contributed by atoms with Crippen LogP contribution in [0.2, 0.25) is 0 Å². The van der Waals surface area contributed by atoms with Gasteiger partial charge in [-0.15, -0.1) is 0 Å². The Balaban J connectivity index is 0.00000384. The molecule has 0 aromatic heterocycles. The van der Waals surface area contributed by atoms with E-state index in [1.807, 2.05) is 0 Å². The maximum atomic E-state index is 11.0. The van der Waals surface area contributed by atoms with Crippen molar-refractivity contribution in [3.63, 3.8) is 0 Å². The van der Waals surface area contributed by atoms with Crippen LogP contribution in [0.25, 0.3) is 0 Å². The van der Waals surface area contributed by atoms with E-state index in [1.165, 1.54) is 0 Å². The van der Waals surface area contributed by atoms with E-state index in [2.05, 4.69) is 0 Å². The summed E-state index contributed by atoms with van der Waals surface area (Å²) in [6, 6.07) is 0. The second-order valence-electron chi connectivity index (χ2n) is 11.3. The lowest BCUT2D eigenvalue weighted by atomic mass is 9.99. The second-order valence-corrected chi connectivity index (χ2v) is 11.3. The fourth-order valence-electron chi connectivity index (χ4n) is 5.65. The van der Waals surface area contributed by atoms with Gasteiger partial charge in [-0.1, -0.05) is 0 Å². The van der Waals surface area contributed by atoms with E-state index in [4.69, 9.17) is 33.2 Å². The first kappa shape index (κ1) is 45.1. The minimum absolute atomic E-state index is 0. The molecule has 0 spiro atoms. The zero-order valence-corrected chi connectivity index (χ0v) is 25.2. The lowest BCUT2D eigenvalue weighted by molar-refractivity contribution is -0.404. The Morgan fingerprint density at radius 1 is 0.438 bits per heavy atom. The second kappa shape index (κ2) is 17.5. The predicted octanol–water partition coefficient (Wildman–Crippen LogP) is -12.2. The van der Waals surface area contributed by atoms with Crippen molar-refractivity contribution in [2.75, 3.05) is 46.2 Å². The lowest BCUT2D eigenvalue weighted by Crippen LogP contribution is -2.63. The highest BCUT2D eigenvalue weighted by Crippen LogP contribution is 2.41. The molecule has 14 unspecified atom stereocenters. The Labute approximate surface area is 270 Å². The summed E-state index contributed by atoms with van der Waals surface area (Å²) in [7, 11) is 0. The normalized spacial score (nSPS) is 48.9. The van der Waals surface area contributed by atoms with Crippen LogP contribution in [0.5, 0.6) is 0 Å². The topological polar surface area (TPSA) is 442 Å². The van der Waals surface area contributed by atoms with E-state index < -0.39 is 149 Å². The van der Waals surface area contributed by atoms with E-state index in [9.17, 15) is 71.5 Å². The van der Waals surface area contributed by atoms with Crippen molar-refractivity contribution in [3.05, 3.63) is 0 Å². The van der Waals surface area contributed by atoms with Crippen LogP contribution >= 0.6 is 0 Å². The third kappa shape index (κ3) is 7.77. The van der Waals surface area contributed by atoms with Gasteiger partial charge in [0.2, 0.25) is 17.4 Å². The van der Waals surface area contributed by atoms with Crippen LogP contribution < -0.4 is 0 Å². The third-order valence-electron chi connectivity index (χ3n) is 8.48. The van der Waals surface area contributed by atoms with E-state index in [-0.39, 0.29) is 16.4 Å². The molecule has 0 aliphatic carbocycles. The van der Waals surface area contributed by atoms with Crippen molar-refractivity contribution >= 4 is 0 Å². The van der Waals surface area contributed by atoms with Gasteiger partial charge in [0.05, 0.1) is 26.4 Å². The quantitative estimate of drug-likeness (QED) is 0.0839. The van der Waals surface area contributed by atoms with Gasteiger partial charge in [0, 0.05) is 0 Å². The minimum Gasteiger partial charge on any atom is -0.412 e. The highest BCUT2D eigenvalue weighted by molar-refractivity contribution is 5.03. The van der Waals surface area contributed by atoms with Gasteiger partial charge in [-0.2, -0.15) is 0 Å². The molecule has 4 aliphatic heterocycles. The van der Waals surface area contributed by atoms with Gasteiger partial charge in [-0.3, -0.25) is 0 Å². The zero-order chi connectivity index (χ0) is 33.5. The van der Waals surface area contributed by atoms with Crippen LogP contribution in [0, 0.1) is 0 Å². The molecular weight excluding hydrogens is 672 g/mol. The molecule has 24 nitrogen and oxygen atoms in total. The highest BCUT2D eigenvalue weighted by atomic mass is 16.8. The standard InChI is InChI=1S/C24H42O21.3H2O/c25-1-8-12(30)16(34)17(35)21(41-8)45-24(20(38)15(33)11(4-28)44-24)7-40-23(19(37)14(32)10(3-27)43-23)6-39-22(5-29)18(36)13(31)9(2-26)42-22;;;/h8-21,25-38H,1-7H2;3*1H2/t8?,9?,10?,11?,12?,13?,14?,15?,16?,17?,18?,19?,20?,21?,22-,23-,24+;;;/m1.../s1. The first-order chi connectivity index (χ1) is 21.2. The number of aliphatic hydroxyl groups excluding tert-OH is 14. The SMILES string of the molecule is O.O.O.OCC1OC(O[C@]2(CO[C@]3(CO[C@]4(CO)OC(CO)C(O)C4O)OC(CO)C(O)C3O)OC(CO)C(O)C2O)C(O)C(O)C1O. The van der Waals surface area contributed by atoms with Crippen molar-refractivity contribution in [2.45, 2.75) is 103 Å². The van der Waals surface area contributed by atoms with E-state index in [1.54, 1.807) is 0 Å². The summed E-state index contributed by atoms with van der Waals surface area (Å²) in [6.07, 6.45) is -25.6. The summed E-state index contributed by atoms with van der Waals surface area (Å²) < 4.78 is 38.7. The fraction of sp³-hybridized carbons (Fsp3) is 1.00. The van der Waals surface area contributed by atoms with Gasteiger partial charge in [0.15, 0.2) is 6.29 Å². The number of hydrogen-bond acceptors (Lipinski definition) is 21. The highest BCUT2D eigenvalue weighted by Gasteiger charge is 2.64. The summed E-state index contributed by atoms with van der Waals surface area (Å²) >= 11 is 0. The maximum absolute atomic E-state index is 11.0. The summed E-state index contributed by atoms with van der Waals surface area (Å²) in [4.78, 5) is 0. The molecule has 4 aliphatic rings. The Kier molecular flexibility index (Phi) is 16.4. The van der Waals surface area contributed by atoms with Crippen molar-refractivity contribution < 1.29 is 121 Å². The number of rotatable bonds is 13. The number of ether oxygens (including phenoxy) is 7. The molecule has 0 radical (unpaired) electrons. The van der Waals surface area contributed by atoms with Gasteiger partial charge in [-0.25, -0.2) is 0 Å². The summed E-state index contributed by atoms with van der Waals surface area (Å²) in [5.74, 6) is -7.73. The molecule has 17 atom stereocenters. The molecule has 4 heterocycles. The molecule has 4 rings (SSSR count). The van der Waals surface area contributed by atoms with Gasteiger partial charge in [0.1, 0.15) is 99.2 Å². The molecule has 24 heteroatoms. The molecule has 288 valence electrons. The Hall–Kier alpha value is -0.960. The minimum atomic E-state index is -2.67. The molecular formula is C24H48O24. The molecule has 0 bridgehead atoms. The maximum Gasteiger partial charge on any atom is 0.224 e. The van der Waals surface area contributed by atoms with Gasteiger partial charge in [-0.05, 0) is 0 Å². The van der Waals surface area contributed by atoms with Crippen LogP contribution in [0.3, 0.4) is 0 Å². The number of aliphatic hydroxyl groups is 14. The van der Waals surface area contributed by atoms with Crippen LogP contribution in [-0.4, -0.2) is 237 Å². The smallest absolute Gasteiger partial charge is 0.224 e. The molecule has 0 amide bonds. The van der Waals surface area contributed by atoms with Crippen molar-refractivity contribution in [2.24, 2.45) is 0 Å². The molecule has 0 aromatic carbocycles. The molecule has 0 saturated carbocycles. The molecule has 48 heavy (non-hydrogen) atoms. The molecule has 0 aromatic rings. The molecule has 4 saturated heterocycles. The average Bonchev–Trinajstić information content (AvgIpc) is 3.55. The Morgan fingerprint density at radius 3 is 1.25 bits per heavy atom. The van der Waals surface area contributed by atoms with E-state index >= 15 is 0 Å². The monoisotopic (exact) mass is 720 g/mol. The first-order valence-electron chi connectivity index (χ1n) is 14.0. The molecule has 4 fully saturated rings. The van der Waals surface area contributed by atoms with Crippen molar-refractivity contribution in [1.82, 2.24) is 0 Å². The lowest BCUT2D eigenvalue weighted by Gasteiger charge is -2.44. The Bertz CT molecular complexity index is 965. The average molecular weight is 721 g/mol. The van der Waals surface area contributed by atoms with Gasteiger partial charge >= 0.3 is 0 Å². The van der Waals surface area contributed by atoms with E-state index in [0.717, 1.165) is 0 Å². The van der Waals surface area contributed by atoms with Crippen molar-refractivity contribution in [3.8, 4) is 0 Å². The van der Waals surface area contributed by atoms with Gasteiger partial charge in [0.25, 0.3) is 0 Å². The Morgan fingerprint density at radius 2 is 0.812 bits per heavy atom. The van der Waals surface area contributed by atoms with Crippen molar-refractivity contribution in [1.29, 1.82) is 0 Å². The van der Waals surface area contributed by atoms with Crippen LogP contribution in [-0.2, 0) is 33.2 Å². The third-order valence-corrected chi connectivity index (χ3v) is 8.48. The van der Waals surface area contributed by atoms with E-state index in [0.29, 0.717) is 0 Å². The fourth-order valence-corrected chi connectivity index (χ4v) is 5.65. The van der Waals surface area contributed by atoms with Crippen LogP contribution in [0.15, 0.2) is 0 Å². The summed E-state index contributed by atoms with van der Waals surface area (Å²) in [6.45, 7) is -6.84. The first-order valence-corrected chi connectivity index (χ1v) is 14.0.